The summed E-state index contributed by atoms with van der Waals surface area (Å²) in [6, 6.07) is 60.0. The highest BCUT2D eigenvalue weighted by Gasteiger charge is 2.54. The van der Waals surface area contributed by atoms with E-state index in [9.17, 15) is 17.3 Å². The zero-order valence-electron chi connectivity index (χ0n) is 34.0. The molecular weight excluding hydrogens is 823 g/mol. The molecule has 0 aliphatic carbocycles. The maximum absolute atomic E-state index is 9.75. The van der Waals surface area contributed by atoms with Gasteiger partial charge in [-0.15, -0.1) is 0 Å². The molecule has 0 amide bonds. The number of hydrogen-bond acceptors (Lipinski definition) is 6. The van der Waals surface area contributed by atoms with Crippen molar-refractivity contribution < 1.29 is 49.7 Å². The van der Waals surface area contributed by atoms with Gasteiger partial charge in [-0.05, 0) is 12.1 Å². The van der Waals surface area contributed by atoms with Gasteiger partial charge in [0.05, 0.1) is 44.0 Å². The first kappa shape index (κ1) is 44.6. The summed E-state index contributed by atoms with van der Waals surface area (Å²) < 4.78 is 82.3. The number of nitrogens with zero attached hydrogens (tertiary/aromatic N) is 1. The fraction of sp³-hybridized carbons (Fsp3) is 0.234. The van der Waals surface area contributed by atoms with Gasteiger partial charge in [-0.25, -0.2) is 0 Å². The summed E-state index contributed by atoms with van der Waals surface area (Å²) in [5.74, 6) is 0.744. The Hall–Kier alpha value is -4.48. The fourth-order valence-corrected chi connectivity index (χ4v) is 10.9. The number of para-hydroxylation sites is 1. The normalized spacial score (nSPS) is 21.6. The lowest BCUT2D eigenvalue weighted by Gasteiger charge is -2.50. The quantitative estimate of drug-likeness (QED) is 0.0500. The largest absolute Gasteiger partial charge is 0.673 e. The molecule has 8 rings (SSSR count). The monoisotopic (exact) mass is 871 g/mol. The highest BCUT2D eigenvalue weighted by molar-refractivity contribution is 7.69. The topological polar surface area (TPSA) is 55.4 Å². The molecule has 6 aromatic rings. The molecule has 14 heteroatoms. The van der Waals surface area contributed by atoms with Gasteiger partial charge in [0, 0.05) is 32.3 Å². The van der Waals surface area contributed by atoms with E-state index in [-0.39, 0.29) is 6.61 Å². The van der Waals surface area contributed by atoms with Crippen molar-refractivity contribution in [2.45, 2.75) is 43.5 Å². The summed E-state index contributed by atoms with van der Waals surface area (Å²) in [4.78, 5) is 0. The number of quaternary nitrogens is 1. The SMILES string of the molecule is C[N+](C)(C)Cc1ccccc1O[C@@H]1O[C@@H]2CO[C@@H](c3ccccc3)O[C@H]2[C@H](OP(c2ccccc2)c2ccccc2)[C@H]1OP(c1ccccc1)c1ccccc1.F[B-](F)(F)F. The highest BCUT2D eigenvalue weighted by Crippen LogP contribution is 2.48. The predicted molar refractivity (Wildman–Crippen MR) is 236 cm³/mol. The van der Waals surface area contributed by atoms with Crippen molar-refractivity contribution in [3.05, 3.63) is 187 Å². The summed E-state index contributed by atoms with van der Waals surface area (Å²) >= 11 is 0. The molecule has 318 valence electrons. The van der Waals surface area contributed by atoms with Crippen LogP contribution in [0.1, 0.15) is 17.4 Å². The number of fused-ring (bicyclic) bond motifs is 1. The van der Waals surface area contributed by atoms with Crippen molar-refractivity contribution in [3.8, 4) is 5.75 Å². The second-order valence-electron chi connectivity index (χ2n) is 15.5. The third kappa shape index (κ3) is 12.6. The van der Waals surface area contributed by atoms with Gasteiger partial charge < -0.3 is 49.7 Å². The minimum Gasteiger partial charge on any atom is -0.461 e. The predicted octanol–water partition coefficient (Wildman–Crippen LogP) is 9.28. The molecule has 61 heavy (non-hydrogen) atoms. The molecule has 2 aliphatic heterocycles. The molecular formula is C47H48BF4NO6P2. The first-order valence-electron chi connectivity index (χ1n) is 19.9. The van der Waals surface area contributed by atoms with Crippen molar-refractivity contribution in [3.63, 3.8) is 0 Å². The molecule has 2 aliphatic rings. The number of benzene rings is 6. The van der Waals surface area contributed by atoms with Gasteiger partial charge >= 0.3 is 7.25 Å². The average molecular weight is 872 g/mol. The van der Waals surface area contributed by atoms with Crippen LogP contribution in [0.4, 0.5) is 17.3 Å². The Kier molecular flexibility index (Phi) is 15.1. The summed E-state index contributed by atoms with van der Waals surface area (Å²) in [6.07, 6.45) is -3.90. The fourth-order valence-electron chi connectivity index (χ4n) is 7.08. The Morgan fingerprint density at radius 3 is 1.43 bits per heavy atom. The highest BCUT2D eigenvalue weighted by atomic mass is 31.1. The Morgan fingerprint density at radius 2 is 0.967 bits per heavy atom. The smallest absolute Gasteiger partial charge is 0.461 e. The second-order valence-corrected chi connectivity index (χ2v) is 19.1. The van der Waals surface area contributed by atoms with Crippen LogP contribution < -0.4 is 26.0 Å². The summed E-state index contributed by atoms with van der Waals surface area (Å²) in [7, 11) is -2.18. The van der Waals surface area contributed by atoms with Gasteiger partial charge in [-0.1, -0.05) is 164 Å². The molecule has 0 radical (unpaired) electrons. The van der Waals surface area contributed by atoms with Crippen LogP contribution in [0, 0.1) is 0 Å². The lowest BCUT2D eigenvalue weighted by Crippen LogP contribution is -2.64. The standard InChI is InChI=1S/C47H48NO6P2.BF4/c1-48(2,3)33-36-23-19-20-32-41(36)50-47-45(54-56(39-28-15-7-16-29-39)40-30-17-8-18-31-40)44(43-42(51-47)34-49-46(52-43)35-21-9-4-10-22-35)53-55(37-24-11-5-12-25-37)38-26-13-6-14-27-38;2-1(3,4)5/h4-32,42-47H,33-34H2,1-3H3;/q+1;-1/t42-,43-,44+,45-,46-,47-;/m1./s1. The van der Waals surface area contributed by atoms with Crippen molar-refractivity contribution >= 4 is 44.8 Å². The van der Waals surface area contributed by atoms with Crippen LogP contribution in [0.2, 0.25) is 0 Å². The number of hydrogen-bond donors (Lipinski definition) is 0. The number of halogens is 4. The number of ether oxygens (including phenoxy) is 4. The molecule has 0 bridgehead atoms. The first-order valence-corrected chi connectivity index (χ1v) is 22.5. The molecule has 7 nitrogen and oxygen atoms in total. The van der Waals surface area contributed by atoms with Crippen molar-refractivity contribution in [1.29, 1.82) is 0 Å². The first-order chi connectivity index (χ1) is 29.4. The maximum Gasteiger partial charge on any atom is 0.673 e. The Labute approximate surface area is 357 Å². The molecule has 6 atom stereocenters. The Bertz CT molecular complexity index is 2150. The molecule has 6 aromatic carbocycles. The van der Waals surface area contributed by atoms with Gasteiger partial charge in [0.2, 0.25) is 6.29 Å². The van der Waals surface area contributed by atoms with Crippen LogP contribution in [-0.4, -0.2) is 70.2 Å². The molecule has 0 saturated carbocycles. The zero-order chi connectivity index (χ0) is 42.8. The van der Waals surface area contributed by atoms with Crippen molar-refractivity contribution in [1.82, 2.24) is 0 Å². The summed E-state index contributed by atoms with van der Waals surface area (Å²) in [5, 5.41) is 4.31. The summed E-state index contributed by atoms with van der Waals surface area (Å²) in [6.45, 7) is 1.05. The van der Waals surface area contributed by atoms with Gasteiger partial charge in [0.25, 0.3) is 0 Å². The average Bonchev–Trinajstić information content (AvgIpc) is 3.26. The second kappa shape index (κ2) is 20.6. The molecule has 0 spiro atoms. The van der Waals surface area contributed by atoms with E-state index in [1.54, 1.807) is 0 Å². The maximum atomic E-state index is 9.75. The van der Waals surface area contributed by atoms with E-state index >= 15 is 0 Å². The van der Waals surface area contributed by atoms with E-state index in [1.807, 2.05) is 66.7 Å². The third-order valence-electron chi connectivity index (χ3n) is 9.63. The van der Waals surface area contributed by atoms with E-state index in [0.29, 0.717) is 0 Å². The minimum atomic E-state index is -6.00. The minimum absolute atomic E-state index is 0.290. The van der Waals surface area contributed by atoms with Crippen molar-refractivity contribution in [2.75, 3.05) is 27.7 Å². The molecule has 0 N–H and O–H groups in total. The van der Waals surface area contributed by atoms with E-state index in [1.165, 1.54) is 0 Å². The molecule has 0 unspecified atom stereocenters. The van der Waals surface area contributed by atoms with Gasteiger partial charge in [0.15, 0.2) is 12.4 Å². The van der Waals surface area contributed by atoms with E-state index in [4.69, 9.17) is 28.0 Å². The van der Waals surface area contributed by atoms with Crippen LogP contribution in [0.3, 0.4) is 0 Å². The van der Waals surface area contributed by atoms with Crippen LogP contribution in [0.25, 0.3) is 0 Å². The lowest BCUT2D eigenvalue weighted by molar-refractivity contribution is -0.884. The zero-order valence-corrected chi connectivity index (χ0v) is 35.8. The van der Waals surface area contributed by atoms with Gasteiger partial charge in [0.1, 0.15) is 30.6 Å². The Morgan fingerprint density at radius 1 is 0.557 bits per heavy atom. The van der Waals surface area contributed by atoms with E-state index in [0.717, 1.165) is 49.1 Å². The lowest BCUT2D eigenvalue weighted by atomic mass is 9.97. The van der Waals surface area contributed by atoms with Crippen LogP contribution in [0.15, 0.2) is 176 Å². The Balaban J connectivity index is 0.00000106. The molecule has 2 fully saturated rings. The van der Waals surface area contributed by atoms with Gasteiger partial charge in [-0.2, -0.15) is 0 Å². The van der Waals surface area contributed by atoms with Crippen LogP contribution in [0.5, 0.6) is 5.75 Å². The molecule has 2 heterocycles. The molecule has 2 saturated heterocycles. The van der Waals surface area contributed by atoms with Gasteiger partial charge in [-0.3, -0.25) is 0 Å². The van der Waals surface area contributed by atoms with Crippen LogP contribution in [-0.2, 0) is 29.8 Å². The molecule has 0 aromatic heterocycles. The van der Waals surface area contributed by atoms with Crippen molar-refractivity contribution in [2.24, 2.45) is 0 Å². The van der Waals surface area contributed by atoms with E-state index in [2.05, 4.69) is 130 Å². The third-order valence-corrected chi connectivity index (χ3v) is 13.6. The summed E-state index contributed by atoms with van der Waals surface area (Å²) in [5.41, 5.74) is 2.01. The number of rotatable bonds is 13. The van der Waals surface area contributed by atoms with E-state index < -0.39 is 60.5 Å². The van der Waals surface area contributed by atoms with Crippen LogP contribution >= 0.6 is 16.3 Å².